The van der Waals surface area contributed by atoms with Crippen LogP contribution in [0.2, 0.25) is 0 Å². The molecule has 0 amide bonds. The minimum atomic E-state index is -0.272. The molecule has 0 aliphatic carbocycles. The molecule has 0 radical (unpaired) electrons. The summed E-state index contributed by atoms with van der Waals surface area (Å²) in [5, 5.41) is 6.97. The maximum absolute atomic E-state index is 12.4. The summed E-state index contributed by atoms with van der Waals surface area (Å²) in [6, 6.07) is 13.1. The van der Waals surface area contributed by atoms with Gasteiger partial charge < -0.3 is 0 Å². The van der Waals surface area contributed by atoms with Crippen molar-refractivity contribution in [3.63, 3.8) is 0 Å². The summed E-state index contributed by atoms with van der Waals surface area (Å²) < 4.78 is 0. The molecule has 0 heterocycles. The predicted molar refractivity (Wildman–Crippen MR) is 83.9 cm³/mol. The number of benzene rings is 2. The van der Waals surface area contributed by atoms with E-state index in [4.69, 9.17) is 11.1 Å². The summed E-state index contributed by atoms with van der Waals surface area (Å²) in [5.74, 6) is -0.272. The van der Waals surface area contributed by atoms with Gasteiger partial charge in [0.2, 0.25) is 0 Å². The van der Waals surface area contributed by atoms with E-state index in [9.17, 15) is 4.79 Å². The summed E-state index contributed by atoms with van der Waals surface area (Å²) in [7, 11) is 0. The molecule has 106 valence electrons. The lowest BCUT2D eigenvalue weighted by molar-refractivity contribution is 0.105. The van der Waals surface area contributed by atoms with E-state index in [1.165, 1.54) is 18.2 Å². The molecule has 0 spiro atoms. The number of rotatable bonds is 5. The molecule has 0 bridgehead atoms. The van der Waals surface area contributed by atoms with Gasteiger partial charge in [0.05, 0.1) is 0 Å². The lowest BCUT2D eigenvalue weighted by atomic mass is 9.97. The van der Waals surface area contributed by atoms with Gasteiger partial charge in [-0.1, -0.05) is 59.3 Å². The molecule has 0 fully saturated rings. The molecule has 2 rings (SSSR count). The third kappa shape index (κ3) is 3.13. The number of azide groups is 2. The Morgan fingerprint density at radius 3 is 2.32 bits per heavy atom. The molecule has 2 aromatic rings. The molecular formula is C15H10N6O. The van der Waals surface area contributed by atoms with Gasteiger partial charge in [0.15, 0.2) is 5.78 Å². The van der Waals surface area contributed by atoms with E-state index in [1.54, 1.807) is 30.3 Å². The van der Waals surface area contributed by atoms with Crippen molar-refractivity contribution in [1.29, 1.82) is 0 Å². The Kier molecular flexibility index (Phi) is 4.57. The van der Waals surface area contributed by atoms with Crippen molar-refractivity contribution in [2.75, 3.05) is 0 Å². The number of hydrogen-bond acceptors (Lipinski definition) is 3. The van der Waals surface area contributed by atoms with Gasteiger partial charge in [-0.05, 0) is 22.7 Å². The predicted octanol–water partition coefficient (Wildman–Crippen LogP) is 5.47. The minimum absolute atomic E-state index is 0.182. The largest absolute Gasteiger partial charge is 0.289 e. The minimum Gasteiger partial charge on any atom is -0.289 e. The smallest absolute Gasteiger partial charge is 0.193 e. The second-order valence-corrected chi connectivity index (χ2v) is 4.25. The summed E-state index contributed by atoms with van der Waals surface area (Å²) in [6.07, 6.45) is 0. The highest BCUT2D eigenvalue weighted by Gasteiger charge is 2.15. The second-order valence-electron chi connectivity index (χ2n) is 4.25. The monoisotopic (exact) mass is 290 g/mol. The van der Waals surface area contributed by atoms with Crippen LogP contribution in [-0.4, -0.2) is 5.78 Å². The fraction of sp³-hybridized carbons (Fsp3) is 0. The highest BCUT2D eigenvalue weighted by molar-refractivity contribution is 6.29. The summed E-state index contributed by atoms with van der Waals surface area (Å²) in [5.41, 5.74) is 18.6. The number of carbonyl (C=O) groups excluding carboxylic acids is 1. The van der Waals surface area contributed by atoms with E-state index < -0.39 is 0 Å². The van der Waals surface area contributed by atoms with E-state index in [1.807, 2.05) is 0 Å². The van der Waals surface area contributed by atoms with Crippen LogP contribution in [0.5, 0.6) is 0 Å². The summed E-state index contributed by atoms with van der Waals surface area (Å²) >= 11 is 0. The van der Waals surface area contributed by atoms with Gasteiger partial charge in [0.25, 0.3) is 0 Å². The zero-order chi connectivity index (χ0) is 15.9. The van der Waals surface area contributed by atoms with Crippen LogP contribution in [0.1, 0.15) is 15.9 Å². The maximum Gasteiger partial charge on any atom is 0.193 e. The van der Waals surface area contributed by atoms with Crippen molar-refractivity contribution in [1.82, 2.24) is 0 Å². The number of hydrogen-bond donors (Lipinski definition) is 0. The van der Waals surface area contributed by atoms with Crippen LogP contribution in [0.4, 0.5) is 11.4 Å². The van der Waals surface area contributed by atoms with Crippen molar-refractivity contribution in [2.24, 2.45) is 10.2 Å². The number of allylic oxidation sites excluding steroid dienone is 1. The molecule has 0 unspecified atom stereocenters. The van der Waals surface area contributed by atoms with Gasteiger partial charge in [-0.15, -0.1) is 0 Å². The maximum atomic E-state index is 12.4. The summed E-state index contributed by atoms with van der Waals surface area (Å²) in [6.45, 7) is 3.78. The van der Waals surface area contributed by atoms with Crippen LogP contribution >= 0.6 is 0 Å². The van der Waals surface area contributed by atoms with Gasteiger partial charge in [-0.3, -0.25) is 4.79 Å². The molecule has 2 aromatic carbocycles. The summed E-state index contributed by atoms with van der Waals surface area (Å²) in [4.78, 5) is 17.8. The molecule has 0 saturated heterocycles. The van der Waals surface area contributed by atoms with E-state index in [-0.39, 0.29) is 22.7 Å². The third-order valence-corrected chi connectivity index (χ3v) is 2.93. The fourth-order valence-electron chi connectivity index (χ4n) is 1.91. The van der Waals surface area contributed by atoms with Gasteiger partial charge in [0, 0.05) is 32.3 Å². The first-order valence-electron chi connectivity index (χ1n) is 6.20. The van der Waals surface area contributed by atoms with E-state index in [0.29, 0.717) is 11.1 Å². The molecule has 0 saturated carbocycles. The average molecular weight is 290 g/mol. The number of ketones is 1. The van der Waals surface area contributed by atoms with E-state index >= 15 is 0 Å². The number of nitrogens with zero attached hydrogens (tertiary/aromatic N) is 6. The van der Waals surface area contributed by atoms with Gasteiger partial charge in [-0.2, -0.15) is 0 Å². The Morgan fingerprint density at radius 1 is 1.00 bits per heavy atom. The molecular weight excluding hydrogens is 280 g/mol. The lowest BCUT2D eigenvalue weighted by Gasteiger charge is -2.09. The number of Topliss-reactive ketones (excluding diaryl/α,β-unsaturated/α-hetero) is 1. The van der Waals surface area contributed by atoms with Crippen LogP contribution < -0.4 is 0 Å². The molecule has 0 atom stereocenters. The van der Waals surface area contributed by atoms with Crippen LogP contribution in [-0.2, 0) is 0 Å². The Balaban J connectivity index is 2.47. The Hall–Kier alpha value is -3.53. The average Bonchev–Trinajstić information content (AvgIpc) is 2.55. The van der Waals surface area contributed by atoms with Crippen LogP contribution in [0, 0.1) is 0 Å². The van der Waals surface area contributed by atoms with Crippen molar-refractivity contribution in [3.8, 4) is 0 Å². The lowest BCUT2D eigenvalue weighted by Crippen LogP contribution is -2.01. The quantitative estimate of drug-likeness (QED) is 0.235. The molecule has 0 aromatic heterocycles. The first-order valence-corrected chi connectivity index (χ1v) is 6.20. The SMILES string of the molecule is C=C(C(=O)c1ccccc1)c1ccc(N=[N+]=[N-])cc1N=[N+]=[N-]. The molecule has 0 aliphatic heterocycles. The Labute approximate surface area is 125 Å². The standard InChI is InChI=1S/C15H10N6O/c1-10(15(22)11-5-3-2-4-6-11)13-8-7-12(18-20-16)9-14(13)19-21-17/h2-9H,1H2. The first-order chi connectivity index (χ1) is 10.7. The Bertz CT molecular complexity index is 830. The van der Waals surface area contributed by atoms with Crippen molar-refractivity contribution in [3.05, 3.63) is 87.1 Å². The van der Waals surface area contributed by atoms with Gasteiger partial charge in [0.1, 0.15) is 0 Å². The van der Waals surface area contributed by atoms with E-state index in [0.717, 1.165) is 0 Å². The van der Waals surface area contributed by atoms with Gasteiger partial charge >= 0.3 is 0 Å². The Morgan fingerprint density at radius 2 is 1.68 bits per heavy atom. The zero-order valence-electron chi connectivity index (χ0n) is 11.4. The van der Waals surface area contributed by atoms with Crippen molar-refractivity contribution >= 4 is 22.7 Å². The van der Waals surface area contributed by atoms with Crippen LogP contribution in [0.3, 0.4) is 0 Å². The molecule has 22 heavy (non-hydrogen) atoms. The first kappa shape index (κ1) is 14.9. The molecule has 7 heteroatoms. The topological polar surface area (TPSA) is 115 Å². The normalized spacial score (nSPS) is 9.27. The van der Waals surface area contributed by atoms with Crippen LogP contribution in [0.25, 0.3) is 26.5 Å². The zero-order valence-corrected chi connectivity index (χ0v) is 11.4. The highest BCUT2D eigenvalue weighted by Crippen LogP contribution is 2.32. The fourth-order valence-corrected chi connectivity index (χ4v) is 1.91. The number of carbonyl (C=O) groups is 1. The molecule has 0 N–H and O–H groups in total. The third-order valence-electron chi connectivity index (χ3n) is 2.93. The van der Waals surface area contributed by atoms with Crippen molar-refractivity contribution < 1.29 is 4.79 Å². The second kappa shape index (κ2) is 6.76. The van der Waals surface area contributed by atoms with Gasteiger partial charge in [-0.25, -0.2) is 0 Å². The van der Waals surface area contributed by atoms with E-state index in [2.05, 4.69) is 26.6 Å². The highest BCUT2D eigenvalue weighted by atomic mass is 16.1. The molecule has 7 nitrogen and oxygen atoms in total. The molecule has 0 aliphatic rings. The van der Waals surface area contributed by atoms with Crippen molar-refractivity contribution in [2.45, 2.75) is 0 Å². The van der Waals surface area contributed by atoms with Crippen LogP contribution in [0.15, 0.2) is 65.3 Å².